The molecule has 1 aliphatic heterocycles. The highest BCUT2D eigenvalue weighted by Crippen LogP contribution is 2.11. The number of amides is 1. The molecule has 0 aliphatic carbocycles. The van der Waals surface area contributed by atoms with Crippen molar-refractivity contribution in [2.75, 3.05) is 6.61 Å². The number of hydrogen-bond acceptors (Lipinski definition) is 3. The van der Waals surface area contributed by atoms with Gasteiger partial charge in [0.15, 0.2) is 0 Å². The van der Waals surface area contributed by atoms with Gasteiger partial charge in [0.1, 0.15) is 6.04 Å². The molecule has 0 spiro atoms. The third-order valence-electron chi connectivity index (χ3n) is 5.18. The molecule has 1 fully saturated rings. The van der Waals surface area contributed by atoms with Crippen LogP contribution in [0, 0.1) is 0 Å². The molecule has 4 nitrogen and oxygen atoms in total. The molecule has 1 aliphatic rings. The number of hydrogen-bond donors (Lipinski definition) is 1. The average Bonchev–Trinajstić information content (AvgIpc) is 3.10. The summed E-state index contributed by atoms with van der Waals surface area (Å²) < 4.78 is 5.23. The second-order valence-electron chi connectivity index (χ2n) is 7.76. The SMILES string of the molecule is CCCCCCCCCC/C=C/CCCCCCOC(=O)[C@@H]1CCC(=O)N1. The fraction of sp³-hybridized carbons (Fsp3) is 0.826. The lowest BCUT2D eigenvalue weighted by Crippen LogP contribution is -2.34. The minimum atomic E-state index is -0.413. The second-order valence-corrected chi connectivity index (χ2v) is 7.76. The molecule has 0 radical (unpaired) electrons. The Labute approximate surface area is 166 Å². The summed E-state index contributed by atoms with van der Waals surface area (Å²) in [5, 5.41) is 2.64. The topological polar surface area (TPSA) is 55.4 Å². The average molecular weight is 380 g/mol. The van der Waals surface area contributed by atoms with E-state index in [1.165, 1.54) is 70.6 Å². The van der Waals surface area contributed by atoms with E-state index in [9.17, 15) is 9.59 Å². The fourth-order valence-electron chi connectivity index (χ4n) is 3.41. The van der Waals surface area contributed by atoms with Crippen molar-refractivity contribution < 1.29 is 14.3 Å². The summed E-state index contributed by atoms with van der Waals surface area (Å²) in [5.41, 5.74) is 0. The molecule has 156 valence electrons. The molecule has 1 atom stereocenters. The van der Waals surface area contributed by atoms with Crippen molar-refractivity contribution in [2.45, 2.75) is 116 Å². The number of rotatable bonds is 17. The van der Waals surface area contributed by atoms with Crippen LogP contribution in [-0.2, 0) is 14.3 Å². The molecule has 1 rings (SSSR count). The lowest BCUT2D eigenvalue weighted by molar-refractivity contribution is -0.146. The fourth-order valence-corrected chi connectivity index (χ4v) is 3.41. The van der Waals surface area contributed by atoms with Gasteiger partial charge in [-0.3, -0.25) is 4.79 Å². The highest BCUT2D eigenvalue weighted by atomic mass is 16.5. The Hall–Kier alpha value is -1.32. The largest absolute Gasteiger partial charge is 0.464 e. The Morgan fingerprint density at radius 2 is 1.48 bits per heavy atom. The van der Waals surface area contributed by atoms with Crippen LogP contribution in [0.2, 0.25) is 0 Å². The Morgan fingerprint density at radius 1 is 0.926 bits per heavy atom. The number of allylic oxidation sites excluding steroid dienone is 2. The number of esters is 1. The third kappa shape index (κ3) is 13.5. The lowest BCUT2D eigenvalue weighted by Gasteiger charge is -2.09. The van der Waals surface area contributed by atoms with Crippen LogP contribution < -0.4 is 5.32 Å². The first kappa shape index (κ1) is 23.7. The van der Waals surface area contributed by atoms with Crippen molar-refractivity contribution in [1.82, 2.24) is 5.32 Å². The van der Waals surface area contributed by atoms with Gasteiger partial charge in [-0.1, -0.05) is 76.9 Å². The van der Waals surface area contributed by atoms with Crippen molar-refractivity contribution in [2.24, 2.45) is 0 Å². The minimum absolute atomic E-state index is 0.0487. The van der Waals surface area contributed by atoms with Gasteiger partial charge in [-0.05, 0) is 38.5 Å². The van der Waals surface area contributed by atoms with Gasteiger partial charge >= 0.3 is 5.97 Å². The predicted molar refractivity (Wildman–Crippen MR) is 112 cm³/mol. The van der Waals surface area contributed by atoms with Crippen molar-refractivity contribution in [3.8, 4) is 0 Å². The Bertz CT molecular complexity index is 420. The van der Waals surface area contributed by atoms with Crippen molar-refractivity contribution >= 4 is 11.9 Å². The van der Waals surface area contributed by atoms with Crippen LogP contribution >= 0.6 is 0 Å². The Kier molecular flexibility index (Phi) is 14.8. The molecule has 0 bridgehead atoms. The van der Waals surface area contributed by atoms with Crippen molar-refractivity contribution in [1.29, 1.82) is 0 Å². The van der Waals surface area contributed by atoms with Gasteiger partial charge in [0, 0.05) is 6.42 Å². The van der Waals surface area contributed by atoms with E-state index in [1.807, 2.05) is 0 Å². The van der Waals surface area contributed by atoms with Gasteiger partial charge in [0.05, 0.1) is 6.61 Å². The maximum absolute atomic E-state index is 11.7. The quantitative estimate of drug-likeness (QED) is 0.196. The van der Waals surface area contributed by atoms with Crippen molar-refractivity contribution in [3.63, 3.8) is 0 Å². The van der Waals surface area contributed by atoms with E-state index in [1.54, 1.807) is 0 Å². The molecular weight excluding hydrogens is 338 g/mol. The number of carbonyl (C=O) groups is 2. The molecule has 0 aromatic heterocycles. The lowest BCUT2D eigenvalue weighted by atomic mass is 10.1. The van der Waals surface area contributed by atoms with Crippen LogP contribution in [0.1, 0.15) is 110 Å². The Balaban J connectivity index is 1.77. The van der Waals surface area contributed by atoms with Gasteiger partial charge in [-0.25, -0.2) is 4.79 Å². The molecule has 0 aromatic rings. The standard InChI is InChI=1S/C23H41NO3/c1-2-3-4-5-6-7-8-9-10-11-12-13-14-15-16-17-20-27-23(26)21-18-19-22(25)24-21/h11-12,21H,2-10,13-20H2,1H3,(H,24,25)/b12-11+/t21-/m0/s1. The molecule has 0 unspecified atom stereocenters. The highest BCUT2D eigenvalue weighted by Gasteiger charge is 2.28. The Morgan fingerprint density at radius 3 is 2.04 bits per heavy atom. The summed E-state index contributed by atoms with van der Waals surface area (Å²) in [6.07, 6.45) is 23.5. The molecule has 1 amide bonds. The number of ether oxygens (including phenoxy) is 1. The zero-order valence-electron chi connectivity index (χ0n) is 17.5. The molecule has 0 saturated carbocycles. The van der Waals surface area contributed by atoms with Crippen LogP contribution in [0.5, 0.6) is 0 Å². The van der Waals surface area contributed by atoms with E-state index in [0.717, 1.165) is 19.3 Å². The van der Waals surface area contributed by atoms with Crippen LogP contribution in [-0.4, -0.2) is 24.5 Å². The molecule has 4 heteroatoms. The van der Waals surface area contributed by atoms with Crippen LogP contribution in [0.3, 0.4) is 0 Å². The van der Waals surface area contributed by atoms with E-state index in [0.29, 0.717) is 19.4 Å². The highest BCUT2D eigenvalue weighted by molar-refractivity contribution is 5.87. The first-order valence-corrected chi connectivity index (χ1v) is 11.3. The zero-order valence-corrected chi connectivity index (χ0v) is 17.5. The van der Waals surface area contributed by atoms with Gasteiger partial charge in [-0.2, -0.15) is 0 Å². The summed E-state index contributed by atoms with van der Waals surface area (Å²) in [5.74, 6) is -0.322. The molecular formula is C23H41NO3. The molecule has 0 aromatic carbocycles. The van der Waals surface area contributed by atoms with Crippen LogP contribution in [0.4, 0.5) is 0 Å². The first-order chi connectivity index (χ1) is 13.2. The van der Waals surface area contributed by atoms with Gasteiger partial charge in [0.2, 0.25) is 5.91 Å². The van der Waals surface area contributed by atoms with Crippen molar-refractivity contribution in [3.05, 3.63) is 12.2 Å². The maximum atomic E-state index is 11.7. The van der Waals surface area contributed by atoms with Crippen LogP contribution in [0.25, 0.3) is 0 Å². The number of carbonyl (C=O) groups excluding carboxylic acids is 2. The summed E-state index contributed by atoms with van der Waals surface area (Å²) in [6, 6.07) is -0.413. The smallest absolute Gasteiger partial charge is 0.328 e. The minimum Gasteiger partial charge on any atom is -0.464 e. The summed E-state index contributed by atoms with van der Waals surface area (Å²) in [4.78, 5) is 22.8. The monoisotopic (exact) mass is 379 g/mol. The normalized spacial score (nSPS) is 16.8. The first-order valence-electron chi connectivity index (χ1n) is 11.3. The molecule has 27 heavy (non-hydrogen) atoms. The number of unbranched alkanes of at least 4 members (excludes halogenated alkanes) is 12. The van der Waals surface area contributed by atoms with Gasteiger partial charge < -0.3 is 10.1 Å². The summed E-state index contributed by atoms with van der Waals surface area (Å²) in [7, 11) is 0. The number of nitrogens with one attached hydrogen (secondary N) is 1. The predicted octanol–water partition coefficient (Wildman–Crippen LogP) is 5.85. The van der Waals surface area contributed by atoms with E-state index in [2.05, 4.69) is 24.4 Å². The van der Waals surface area contributed by atoms with Gasteiger partial charge in [0.25, 0.3) is 0 Å². The van der Waals surface area contributed by atoms with E-state index >= 15 is 0 Å². The van der Waals surface area contributed by atoms with E-state index in [4.69, 9.17) is 4.74 Å². The van der Waals surface area contributed by atoms with E-state index < -0.39 is 6.04 Å². The molecule has 1 saturated heterocycles. The maximum Gasteiger partial charge on any atom is 0.328 e. The third-order valence-corrected chi connectivity index (χ3v) is 5.18. The molecule has 1 N–H and O–H groups in total. The van der Waals surface area contributed by atoms with Crippen LogP contribution in [0.15, 0.2) is 12.2 Å². The van der Waals surface area contributed by atoms with E-state index in [-0.39, 0.29) is 11.9 Å². The molecule has 1 heterocycles. The summed E-state index contributed by atoms with van der Waals surface area (Å²) in [6.45, 7) is 2.74. The summed E-state index contributed by atoms with van der Waals surface area (Å²) >= 11 is 0. The van der Waals surface area contributed by atoms with Gasteiger partial charge in [-0.15, -0.1) is 0 Å². The zero-order chi connectivity index (χ0) is 19.6. The second kappa shape index (κ2) is 16.8.